The molecule has 128 valence electrons. The number of aldehydes is 1. The van der Waals surface area contributed by atoms with Crippen molar-refractivity contribution in [3.05, 3.63) is 77.7 Å². The zero-order valence-corrected chi connectivity index (χ0v) is 14.7. The topological polar surface area (TPSA) is 30.0 Å². The molecule has 0 N–H and O–H groups in total. The van der Waals surface area contributed by atoms with Gasteiger partial charge in [-0.1, -0.05) is 62.2 Å². The molecule has 26 heavy (non-hydrogen) atoms. The molecule has 3 heteroatoms. The van der Waals surface area contributed by atoms with Crippen LogP contribution in [0.4, 0.5) is 4.39 Å². The van der Waals surface area contributed by atoms with Crippen LogP contribution in [0.2, 0.25) is 0 Å². The highest BCUT2D eigenvalue weighted by molar-refractivity contribution is 5.81. The Balaban J connectivity index is 2.32. The molecule has 3 aromatic rings. The summed E-state index contributed by atoms with van der Waals surface area (Å²) in [4.78, 5) is 15.6. The molecule has 0 aliphatic rings. The number of rotatable bonds is 3. The van der Waals surface area contributed by atoms with E-state index in [1.54, 1.807) is 12.1 Å². The Morgan fingerprint density at radius 2 is 1.69 bits per heavy atom. The highest BCUT2D eigenvalue weighted by Gasteiger charge is 2.16. The quantitative estimate of drug-likeness (QED) is 0.481. The maximum Gasteiger partial charge on any atom is 0.193 e. The summed E-state index contributed by atoms with van der Waals surface area (Å²) in [7, 11) is 0. The molecule has 0 radical (unpaired) electrons. The molecule has 0 saturated carbocycles. The monoisotopic (exact) mass is 343 g/mol. The van der Waals surface area contributed by atoms with Gasteiger partial charge in [0.2, 0.25) is 0 Å². The van der Waals surface area contributed by atoms with Crippen LogP contribution >= 0.6 is 0 Å². The van der Waals surface area contributed by atoms with Crippen LogP contribution in [0.5, 0.6) is 0 Å². The first kappa shape index (κ1) is 17.6. The minimum atomic E-state index is -0.296. The second kappa shape index (κ2) is 7.76. The fourth-order valence-electron chi connectivity index (χ4n) is 2.83. The molecule has 0 saturated heterocycles. The number of carbonyl (C=O) groups is 1. The van der Waals surface area contributed by atoms with Gasteiger partial charge in [0.05, 0.1) is 17.0 Å². The van der Waals surface area contributed by atoms with Crippen molar-refractivity contribution in [3.8, 4) is 34.2 Å². The Morgan fingerprint density at radius 3 is 2.31 bits per heavy atom. The lowest BCUT2D eigenvalue weighted by atomic mass is 9.93. The van der Waals surface area contributed by atoms with Gasteiger partial charge in [-0.15, -0.1) is 0 Å². The van der Waals surface area contributed by atoms with Gasteiger partial charge in [-0.3, -0.25) is 9.78 Å². The maximum atomic E-state index is 13.4. The van der Waals surface area contributed by atoms with Crippen LogP contribution in [0.1, 0.15) is 31.0 Å². The molecule has 2 nitrogen and oxygen atoms in total. The van der Waals surface area contributed by atoms with Crippen LogP contribution in [-0.4, -0.2) is 11.3 Å². The Hall–Kier alpha value is -3.25. The molecular formula is C23H18FNO. The number of carbonyl (C=O) groups excluding carboxylic acids is 1. The van der Waals surface area contributed by atoms with Crippen molar-refractivity contribution in [2.45, 2.75) is 19.8 Å². The molecule has 0 aliphatic carbocycles. The van der Waals surface area contributed by atoms with Gasteiger partial charge in [0, 0.05) is 11.1 Å². The minimum absolute atomic E-state index is 0.119. The average Bonchev–Trinajstić information content (AvgIpc) is 2.67. The predicted molar refractivity (Wildman–Crippen MR) is 102 cm³/mol. The number of pyridine rings is 1. The maximum absolute atomic E-state index is 13.4. The predicted octanol–water partition coefficient (Wildman–Crippen LogP) is 5.23. The van der Waals surface area contributed by atoms with Crippen LogP contribution in [0, 0.1) is 17.7 Å². The average molecular weight is 343 g/mol. The zero-order chi connectivity index (χ0) is 18.5. The minimum Gasteiger partial charge on any atom is -0.289 e. The van der Waals surface area contributed by atoms with Crippen LogP contribution < -0.4 is 0 Å². The third kappa shape index (κ3) is 3.70. The van der Waals surface area contributed by atoms with Gasteiger partial charge < -0.3 is 0 Å². The van der Waals surface area contributed by atoms with E-state index in [0.29, 0.717) is 11.8 Å². The van der Waals surface area contributed by atoms with Crippen LogP contribution in [-0.2, 0) is 4.79 Å². The molecular weight excluding hydrogens is 325 g/mol. The summed E-state index contributed by atoms with van der Waals surface area (Å²) in [6, 6.07) is 18.1. The van der Waals surface area contributed by atoms with Crippen LogP contribution in [0.15, 0.2) is 60.7 Å². The summed E-state index contributed by atoms with van der Waals surface area (Å²) in [5, 5.41) is 0. The third-order valence-electron chi connectivity index (χ3n) is 4.08. The number of aromatic nitrogens is 1. The van der Waals surface area contributed by atoms with E-state index in [1.165, 1.54) is 12.1 Å². The lowest BCUT2D eigenvalue weighted by Crippen LogP contribution is -2.02. The lowest BCUT2D eigenvalue weighted by Gasteiger charge is -2.16. The van der Waals surface area contributed by atoms with Gasteiger partial charge in [-0.2, -0.15) is 0 Å². The Morgan fingerprint density at radius 1 is 1.00 bits per heavy atom. The van der Waals surface area contributed by atoms with Crippen LogP contribution in [0.3, 0.4) is 0 Å². The highest BCUT2D eigenvalue weighted by atomic mass is 19.1. The molecule has 3 rings (SSSR count). The van der Waals surface area contributed by atoms with Gasteiger partial charge in [0.15, 0.2) is 6.29 Å². The number of hydrogen-bond donors (Lipinski definition) is 0. The fourth-order valence-corrected chi connectivity index (χ4v) is 2.83. The van der Waals surface area contributed by atoms with E-state index in [1.807, 2.05) is 50.2 Å². The number of halogens is 1. The first-order valence-electron chi connectivity index (χ1n) is 8.41. The Bertz CT molecular complexity index is 980. The number of benzene rings is 2. The van der Waals surface area contributed by atoms with E-state index in [9.17, 15) is 9.18 Å². The van der Waals surface area contributed by atoms with Crippen molar-refractivity contribution < 1.29 is 9.18 Å². The second-order valence-electron chi connectivity index (χ2n) is 6.23. The molecule has 1 heterocycles. The summed E-state index contributed by atoms with van der Waals surface area (Å²) in [5.74, 6) is 5.25. The van der Waals surface area contributed by atoms with Gasteiger partial charge in [-0.05, 0) is 35.6 Å². The van der Waals surface area contributed by atoms with Crippen LogP contribution in [0.25, 0.3) is 22.4 Å². The molecule has 0 amide bonds. The molecule has 0 fully saturated rings. The van der Waals surface area contributed by atoms with Gasteiger partial charge in [0.1, 0.15) is 5.82 Å². The molecule has 1 aromatic heterocycles. The van der Waals surface area contributed by atoms with Crippen molar-refractivity contribution >= 4 is 6.29 Å². The van der Waals surface area contributed by atoms with E-state index in [4.69, 9.17) is 4.98 Å². The first-order valence-corrected chi connectivity index (χ1v) is 8.41. The summed E-state index contributed by atoms with van der Waals surface area (Å²) in [5.41, 5.74) is 5.02. The van der Waals surface area contributed by atoms with E-state index in [0.717, 1.165) is 28.1 Å². The Labute approximate surface area is 152 Å². The number of hydrogen-bond acceptors (Lipinski definition) is 2. The second-order valence-corrected chi connectivity index (χ2v) is 6.23. The molecule has 0 aliphatic heterocycles. The molecule has 0 spiro atoms. The van der Waals surface area contributed by atoms with Gasteiger partial charge in [-0.25, -0.2) is 4.39 Å². The largest absolute Gasteiger partial charge is 0.289 e. The van der Waals surface area contributed by atoms with Crippen molar-refractivity contribution in [1.29, 1.82) is 0 Å². The van der Waals surface area contributed by atoms with Crippen molar-refractivity contribution in [3.63, 3.8) is 0 Å². The van der Waals surface area contributed by atoms with Crippen molar-refractivity contribution in [2.24, 2.45) is 0 Å². The van der Waals surface area contributed by atoms with Crippen molar-refractivity contribution in [2.75, 3.05) is 0 Å². The summed E-state index contributed by atoms with van der Waals surface area (Å²) >= 11 is 0. The third-order valence-corrected chi connectivity index (χ3v) is 4.08. The summed E-state index contributed by atoms with van der Waals surface area (Å²) in [6.45, 7) is 4.08. The molecule has 0 bridgehead atoms. The summed E-state index contributed by atoms with van der Waals surface area (Å²) < 4.78 is 13.4. The van der Waals surface area contributed by atoms with Crippen molar-refractivity contribution in [1.82, 2.24) is 4.98 Å². The van der Waals surface area contributed by atoms with E-state index < -0.39 is 0 Å². The first-order chi connectivity index (χ1) is 12.6. The smallest absolute Gasteiger partial charge is 0.193 e. The van der Waals surface area contributed by atoms with Gasteiger partial charge >= 0.3 is 0 Å². The standard InChI is InChI=1S/C23H18FNO/c1-16(2)23-20(9-6-14-26)21(17-10-12-19(24)13-11-17)15-22(25-23)18-7-4-3-5-8-18/h3-5,7-8,10-16H,1-2H3. The van der Waals surface area contributed by atoms with Gasteiger partial charge in [0.25, 0.3) is 0 Å². The summed E-state index contributed by atoms with van der Waals surface area (Å²) in [6.07, 6.45) is 0.573. The fraction of sp³-hybridized carbons (Fsp3) is 0.130. The van der Waals surface area contributed by atoms with E-state index >= 15 is 0 Å². The Kier molecular flexibility index (Phi) is 5.24. The SMILES string of the molecule is CC(C)c1nc(-c2ccccc2)cc(-c2ccc(F)cc2)c1C#CC=O. The molecule has 2 aromatic carbocycles. The zero-order valence-electron chi connectivity index (χ0n) is 14.7. The normalized spacial score (nSPS) is 10.3. The molecule has 0 unspecified atom stereocenters. The van der Waals surface area contributed by atoms with E-state index in [2.05, 4.69) is 11.8 Å². The number of nitrogens with zero attached hydrogens (tertiary/aromatic N) is 1. The lowest BCUT2D eigenvalue weighted by molar-refractivity contribution is -0.103. The molecule has 0 atom stereocenters. The van der Waals surface area contributed by atoms with E-state index in [-0.39, 0.29) is 11.7 Å². The highest BCUT2D eigenvalue weighted by Crippen LogP contribution is 2.32.